The Morgan fingerprint density at radius 1 is 1.12 bits per heavy atom. The van der Waals surface area contributed by atoms with E-state index in [-0.39, 0.29) is 0 Å². The van der Waals surface area contributed by atoms with Crippen molar-refractivity contribution in [2.75, 3.05) is 37.3 Å². The fourth-order valence-corrected chi connectivity index (χ4v) is 3.65. The fourth-order valence-electron chi connectivity index (χ4n) is 3.12. The number of para-hydroxylation sites is 2. The number of nitrogens with one attached hydrogen (secondary N) is 1. The predicted octanol–water partition coefficient (Wildman–Crippen LogP) is 3.33. The van der Waals surface area contributed by atoms with E-state index >= 15 is 0 Å². The number of imidazole rings is 1. The topological polar surface area (TPSA) is 48.0 Å². The summed E-state index contributed by atoms with van der Waals surface area (Å²) in [6, 6.07) is 10.3. The lowest BCUT2D eigenvalue weighted by Crippen LogP contribution is -2.43. The molecular formula is C18H21N5S. The molecule has 24 heavy (non-hydrogen) atoms. The van der Waals surface area contributed by atoms with Crippen LogP contribution in [0.4, 0.5) is 5.82 Å². The number of H-pyrrole nitrogens is 1. The van der Waals surface area contributed by atoms with E-state index < -0.39 is 0 Å². The van der Waals surface area contributed by atoms with E-state index in [0.29, 0.717) is 0 Å². The summed E-state index contributed by atoms with van der Waals surface area (Å²) < 4.78 is 2.39. The van der Waals surface area contributed by atoms with Crippen LogP contribution >= 0.6 is 11.9 Å². The van der Waals surface area contributed by atoms with Crippen LogP contribution in [0.25, 0.3) is 22.4 Å². The summed E-state index contributed by atoms with van der Waals surface area (Å²) in [5, 5.41) is 0. The molecule has 124 valence electrons. The molecule has 2 aromatic heterocycles. The van der Waals surface area contributed by atoms with Crippen molar-refractivity contribution in [3.8, 4) is 11.4 Å². The third kappa shape index (κ3) is 2.87. The standard InChI is InChI=1S/C18H21N5S/c1-13-12-19-17(22-7-9-23(24-2)10-8-22)11-14(13)18-20-15-5-3-4-6-16(15)21-18/h3-6,11-12H,7-10H2,1-2H3,(H,20,21). The van der Waals surface area contributed by atoms with Crippen LogP contribution in [0.3, 0.4) is 0 Å². The Kier molecular flexibility index (Phi) is 4.16. The van der Waals surface area contributed by atoms with Gasteiger partial charge >= 0.3 is 0 Å². The van der Waals surface area contributed by atoms with Crippen molar-refractivity contribution in [3.05, 3.63) is 42.1 Å². The van der Waals surface area contributed by atoms with Crippen LogP contribution in [0, 0.1) is 6.92 Å². The fraction of sp³-hybridized carbons (Fsp3) is 0.333. The van der Waals surface area contributed by atoms with Crippen molar-refractivity contribution in [2.45, 2.75) is 6.92 Å². The summed E-state index contributed by atoms with van der Waals surface area (Å²) in [6.07, 6.45) is 4.10. The van der Waals surface area contributed by atoms with E-state index in [0.717, 1.165) is 60.0 Å². The molecule has 1 aliphatic rings. The van der Waals surface area contributed by atoms with E-state index in [1.54, 1.807) is 0 Å². The molecule has 0 aliphatic carbocycles. The zero-order valence-corrected chi connectivity index (χ0v) is 14.8. The van der Waals surface area contributed by atoms with Gasteiger partial charge in [-0.3, -0.25) is 0 Å². The van der Waals surface area contributed by atoms with Crippen LogP contribution in [-0.2, 0) is 0 Å². The van der Waals surface area contributed by atoms with Crippen molar-refractivity contribution in [1.82, 2.24) is 19.3 Å². The normalized spacial score (nSPS) is 16.0. The highest BCUT2D eigenvalue weighted by Gasteiger charge is 2.19. The first kappa shape index (κ1) is 15.5. The number of hydrogen-bond donors (Lipinski definition) is 1. The van der Waals surface area contributed by atoms with Gasteiger partial charge < -0.3 is 9.88 Å². The number of pyridine rings is 1. The van der Waals surface area contributed by atoms with Crippen molar-refractivity contribution in [3.63, 3.8) is 0 Å². The van der Waals surface area contributed by atoms with Gasteiger partial charge in [0.1, 0.15) is 11.6 Å². The Balaban J connectivity index is 1.66. The van der Waals surface area contributed by atoms with E-state index in [1.165, 1.54) is 0 Å². The molecule has 1 N–H and O–H groups in total. The second-order valence-electron chi connectivity index (χ2n) is 6.06. The molecule has 4 rings (SSSR count). The van der Waals surface area contributed by atoms with Gasteiger partial charge in [0.25, 0.3) is 0 Å². The zero-order valence-electron chi connectivity index (χ0n) is 14.0. The van der Waals surface area contributed by atoms with Gasteiger partial charge in [-0.15, -0.1) is 0 Å². The van der Waals surface area contributed by atoms with Gasteiger partial charge in [-0.1, -0.05) is 24.1 Å². The predicted molar refractivity (Wildman–Crippen MR) is 101 cm³/mol. The minimum atomic E-state index is 0.917. The molecule has 6 heteroatoms. The molecule has 0 bridgehead atoms. The number of aromatic amines is 1. The monoisotopic (exact) mass is 339 g/mol. The summed E-state index contributed by atoms with van der Waals surface area (Å²) in [5.74, 6) is 1.96. The molecule has 1 saturated heterocycles. The lowest BCUT2D eigenvalue weighted by molar-refractivity contribution is 0.429. The van der Waals surface area contributed by atoms with Gasteiger partial charge in [0.2, 0.25) is 0 Å². The maximum absolute atomic E-state index is 4.74. The van der Waals surface area contributed by atoms with E-state index in [4.69, 9.17) is 4.98 Å². The Morgan fingerprint density at radius 2 is 1.92 bits per heavy atom. The first-order valence-corrected chi connectivity index (χ1v) is 9.38. The molecule has 0 atom stereocenters. The SMILES string of the molecule is CSN1CCN(c2cc(-c3nc4ccccc4[nH]3)c(C)cn2)CC1. The lowest BCUT2D eigenvalue weighted by Gasteiger charge is -2.34. The number of aryl methyl sites for hydroxylation is 1. The molecule has 3 heterocycles. The lowest BCUT2D eigenvalue weighted by atomic mass is 10.1. The molecule has 0 unspecified atom stereocenters. The Bertz CT molecular complexity index is 818. The summed E-state index contributed by atoms with van der Waals surface area (Å²) >= 11 is 1.82. The molecule has 1 fully saturated rings. The number of nitrogens with zero attached hydrogens (tertiary/aromatic N) is 4. The quantitative estimate of drug-likeness (QED) is 0.742. The maximum Gasteiger partial charge on any atom is 0.138 e. The smallest absolute Gasteiger partial charge is 0.138 e. The summed E-state index contributed by atoms with van der Waals surface area (Å²) in [6.45, 7) is 6.24. The number of anilines is 1. The number of hydrogen-bond acceptors (Lipinski definition) is 5. The zero-order chi connectivity index (χ0) is 16.5. The number of rotatable bonds is 3. The van der Waals surface area contributed by atoms with Crippen LogP contribution in [0.15, 0.2) is 36.5 Å². The number of aromatic nitrogens is 3. The average molecular weight is 339 g/mol. The number of fused-ring (bicyclic) bond motifs is 1. The van der Waals surface area contributed by atoms with Crippen LogP contribution in [0.5, 0.6) is 0 Å². The van der Waals surface area contributed by atoms with Gasteiger partial charge in [0.15, 0.2) is 0 Å². The molecule has 0 radical (unpaired) electrons. The van der Waals surface area contributed by atoms with Crippen LogP contribution < -0.4 is 4.90 Å². The molecule has 1 aromatic carbocycles. The highest BCUT2D eigenvalue weighted by Crippen LogP contribution is 2.27. The van der Waals surface area contributed by atoms with Crippen LogP contribution in [0.2, 0.25) is 0 Å². The Morgan fingerprint density at radius 3 is 2.67 bits per heavy atom. The largest absolute Gasteiger partial charge is 0.354 e. The first-order valence-electron chi connectivity index (χ1n) is 8.20. The van der Waals surface area contributed by atoms with E-state index in [1.807, 2.05) is 36.3 Å². The van der Waals surface area contributed by atoms with Crippen molar-refractivity contribution >= 4 is 28.8 Å². The molecule has 0 saturated carbocycles. The van der Waals surface area contributed by atoms with Crippen molar-refractivity contribution in [1.29, 1.82) is 0 Å². The summed E-state index contributed by atoms with van der Waals surface area (Å²) in [7, 11) is 0. The second-order valence-corrected chi connectivity index (χ2v) is 6.94. The molecular weight excluding hydrogens is 318 g/mol. The maximum atomic E-state index is 4.74. The van der Waals surface area contributed by atoms with Crippen molar-refractivity contribution < 1.29 is 0 Å². The highest BCUT2D eigenvalue weighted by molar-refractivity contribution is 7.96. The third-order valence-corrected chi connectivity index (χ3v) is 5.44. The van der Waals surface area contributed by atoms with Gasteiger partial charge in [0.05, 0.1) is 11.0 Å². The molecule has 3 aromatic rings. The van der Waals surface area contributed by atoms with Gasteiger partial charge in [-0.25, -0.2) is 14.3 Å². The molecule has 0 spiro atoms. The highest BCUT2D eigenvalue weighted by atomic mass is 32.2. The van der Waals surface area contributed by atoms with Gasteiger partial charge in [0, 0.05) is 37.9 Å². The molecule has 1 aliphatic heterocycles. The molecule has 5 nitrogen and oxygen atoms in total. The summed E-state index contributed by atoms with van der Waals surface area (Å²) in [5.41, 5.74) is 4.33. The third-order valence-electron chi connectivity index (χ3n) is 4.55. The number of benzene rings is 1. The van der Waals surface area contributed by atoms with Crippen LogP contribution in [0.1, 0.15) is 5.56 Å². The van der Waals surface area contributed by atoms with Gasteiger partial charge in [-0.05, 0) is 36.9 Å². The average Bonchev–Trinajstić information content (AvgIpc) is 3.06. The Hall–Kier alpha value is -2.05. The Labute approximate surface area is 146 Å². The first-order chi connectivity index (χ1) is 11.7. The van der Waals surface area contributed by atoms with E-state index in [9.17, 15) is 0 Å². The van der Waals surface area contributed by atoms with E-state index in [2.05, 4.69) is 44.5 Å². The van der Waals surface area contributed by atoms with Gasteiger partial charge in [-0.2, -0.15) is 0 Å². The number of piperazine rings is 1. The molecule has 0 amide bonds. The second kappa shape index (κ2) is 6.45. The summed E-state index contributed by atoms with van der Waals surface area (Å²) in [4.78, 5) is 15.2. The van der Waals surface area contributed by atoms with Crippen molar-refractivity contribution in [2.24, 2.45) is 0 Å². The van der Waals surface area contributed by atoms with Crippen LogP contribution in [-0.4, -0.2) is 51.7 Å². The minimum Gasteiger partial charge on any atom is -0.354 e. The minimum absolute atomic E-state index is 0.917.